The molecule has 0 radical (unpaired) electrons. The van der Waals surface area contributed by atoms with Gasteiger partial charge in [0, 0.05) is 42.1 Å². The number of halogens is 1. The van der Waals surface area contributed by atoms with Crippen LogP contribution in [0.3, 0.4) is 0 Å². The number of carbonyl (C=O) groups is 3. The number of benzene rings is 2. The molecule has 3 amide bonds. The van der Waals surface area contributed by atoms with Crippen LogP contribution in [0.1, 0.15) is 48.3 Å². The Kier molecular flexibility index (Phi) is 7.63. The number of amides is 3. The maximum Gasteiger partial charge on any atom is 0.277 e. The van der Waals surface area contributed by atoms with Gasteiger partial charge in [0.2, 0.25) is 0 Å². The van der Waals surface area contributed by atoms with E-state index in [2.05, 4.69) is 15.5 Å². The summed E-state index contributed by atoms with van der Waals surface area (Å²) in [6, 6.07) is 13.8. The molecule has 13 heteroatoms. The summed E-state index contributed by atoms with van der Waals surface area (Å²) in [7, 11) is 1.83. The predicted molar refractivity (Wildman–Crippen MR) is 158 cm³/mol. The first kappa shape index (κ1) is 28.4. The number of ether oxygens (including phenoxy) is 1. The molecule has 2 N–H and O–H groups in total. The van der Waals surface area contributed by atoms with Gasteiger partial charge in [0.25, 0.3) is 17.7 Å². The third-order valence-electron chi connectivity index (χ3n) is 7.66. The molecule has 4 heterocycles. The van der Waals surface area contributed by atoms with E-state index >= 15 is 0 Å². The summed E-state index contributed by atoms with van der Waals surface area (Å²) in [6.45, 7) is 3.06. The van der Waals surface area contributed by atoms with Gasteiger partial charge in [0.05, 0.1) is 36.6 Å². The monoisotopic (exact) mass is 603 g/mol. The highest BCUT2D eigenvalue weighted by molar-refractivity contribution is 6.30. The van der Waals surface area contributed by atoms with Crippen LogP contribution in [-0.2, 0) is 20.0 Å². The zero-order valence-corrected chi connectivity index (χ0v) is 24.5. The molecule has 0 fully saturated rings. The Balaban J connectivity index is 1.36. The maximum atomic E-state index is 14.2. The molecule has 0 saturated heterocycles. The molecule has 2 aliphatic rings. The largest absolute Gasteiger partial charge is 0.491 e. The van der Waals surface area contributed by atoms with Gasteiger partial charge in [0.15, 0.2) is 5.69 Å². The van der Waals surface area contributed by atoms with E-state index in [1.54, 1.807) is 52.0 Å². The summed E-state index contributed by atoms with van der Waals surface area (Å²) >= 11 is 6.28. The molecular formula is C30H30ClN7O5. The van der Waals surface area contributed by atoms with Crippen LogP contribution in [0.25, 0.3) is 5.69 Å². The van der Waals surface area contributed by atoms with Crippen molar-refractivity contribution < 1.29 is 24.2 Å². The third kappa shape index (κ3) is 5.35. The first-order valence-electron chi connectivity index (χ1n) is 13.9. The van der Waals surface area contributed by atoms with E-state index in [0.29, 0.717) is 58.5 Å². The van der Waals surface area contributed by atoms with Crippen molar-refractivity contribution >= 4 is 35.0 Å². The highest BCUT2D eigenvalue weighted by atomic mass is 35.5. The number of anilines is 1. The van der Waals surface area contributed by atoms with E-state index in [1.807, 2.05) is 20.0 Å². The van der Waals surface area contributed by atoms with Crippen LogP contribution >= 0.6 is 11.6 Å². The Bertz CT molecular complexity index is 1730. The fourth-order valence-corrected chi connectivity index (χ4v) is 5.59. The number of hydrogen-bond acceptors (Lipinski definition) is 7. The van der Waals surface area contributed by atoms with Crippen LogP contribution in [0.5, 0.6) is 5.75 Å². The fraction of sp³-hybridized carbons (Fsp3) is 0.300. The fourth-order valence-electron chi connectivity index (χ4n) is 5.41. The molecule has 43 heavy (non-hydrogen) atoms. The number of fused-ring (bicyclic) bond motifs is 2. The number of β-amino-alcohol motifs (C(OH)–C–C–N with tert-alkyl or cyclic N) is 1. The van der Waals surface area contributed by atoms with Crippen molar-refractivity contribution in [2.24, 2.45) is 7.05 Å². The molecule has 222 valence electrons. The zero-order chi connectivity index (χ0) is 30.2. The molecule has 0 spiro atoms. The lowest BCUT2D eigenvalue weighted by Gasteiger charge is -2.28. The normalized spacial score (nSPS) is 14.7. The Labute approximate surface area is 252 Å². The van der Waals surface area contributed by atoms with Crippen LogP contribution in [0.4, 0.5) is 5.69 Å². The molecular weight excluding hydrogens is 574 g/mol. The van der Waals surface area contributed by atoms with Crippen LogP contribution in [0, 0.1) is 6.92 Å². The van der Waals surface area contributed by atoms with Gasteiger partial charge < -0.3 is 25.0 Å². The lowest BCUT2D eigenvalue weighted by Crippen LogP contribution is -2.39. The molecule has 0 atom stereocenters. The second-order valence-corrected chi connectivity index (χ2v) is 10.8. The molecule has 0 bridgehead atoms. The lowest BCUT2D eigenvalue weighted by molar-refractivity contribution is 0.0720. The summed E-state index contributed by atoms with van der Waals surface area (Å²) in [4.78, 5) is 43.9. The van der Waals surface area contributed by atoms with E-state index in [1.165, 1.54) is 9.58 Å². The van der Waals surface area contributed by atoms with Crippen molar-refractivity contribution in [3.05, 3.63) is 87.5 Å². The van der Waals surface area contributed by atoms with Crippen molar-refractivity contribution in [2.75, 3.05) is 37.7 Å². The van der Waals surface area contributed by atoms with Crippen molar-refractivity contribution in [1.29, 1.82) is 0 Å². The van der Waals surface area contributed by atoms with Gasteiger partial charge in [-0.2, -0.15) is 10.2 Å². The Morgan fingerprint density at radius 1 is 1.07 bits per heavy atom. The second-order valence-electron chi connectivity index (χ2n) is 10.4. The smallest absolute Gasteiger partial charge is 0.277 e. The summed E-state index contributed by atoms with van der Waals surface area (Å²) < 4.78 is 8.96. The highest BCUT2D eigenvalue weighted by Gasteiger charge is 2.36. The molecule has 2 aromatic carbocycles. The highest BCUT2D eigenvalue weighted by Crippen LogP contribution is 2.33. The molecule has 0 unspecified atom stereocenters. The third-order valence-corrected chi connectivity index (χ3v) is 7.90. The molecule has 2 aromatic heterocycles. The van der Waals surface area contributed by atoms with Crippen LogP contribution in [0.2, 0.25) is 5.02 Å². The number of aryl methyl sites for hydroxylation is 2. The van der Waals surface area contributed by atoms with E-state index in [-0.39, 0.29) is 49.4 Å². The first-order valence-corrected chi connectivity index (χ1v) is 14.3. The summed E-state index contributed by atoms with van der Waals surface area (Å²) in [5.74, 6) is -0.648. The second kappa shape index (κ2) is 11.5. The van der Waals surface area contributed by atoms with E-state index in [0.717, 1.165) is 5.69 Å². The standard InChI is InChI=1S/C30H30ClN7O5/c1-18-14-20(33-35(18)2)17-32-28(40)26-23-8-9-37(30(42)27(23)38(34-26)22-5-3-4-19(31)15-22)21-6-7-25-24(16-21)29(41)36(10-12-39)11-13-43-25/h3-7,14-16,39H,8-13,17H2,1-2H3,(H,32,40). The molecule has 0 saturated carbocycles. The van der Waals surface area contributed by atoms with Gasteiger partial charge in [-0.3, -0.25) is 19.1 Å². The Morgan fingerprint density at radius 3 is 2.65 bits per heavy atom. The average molecular weight is 604 g/mol. The number of rotatable bonds is 7. The van der Waals surface area contributed by atoms with E-state index in [9.17, 15) is 19.5 Å². The number of aliphatic hydroxyl groups excluding tert-OH is 1. The zero-order valence-electron chi connectivity index (χ0n) is 23.7. The Morgan fingerprint density at radius 2 is 1.91 bits per heavy atom. The average Bonchev–Trinajstić information content (AvgIpc) is 3.50. The molecule has 6 rings (SSSR count). The van der Waals surface area contributed by atoms with E-state index in [4.69, 9.17) is 16.3 Å². The van der Waals surface area contributed by atoms with Crippen molar-refractivity contribution in [2.45, 2.75) is 19.9 Å². The molecule has 0 aliphatic carbocycles. The minimum Gasteiger partial charge on any atom is -0.491 e. The van der Waals surface area contributed by atoms with Gasteiger partial charge in [-0.15, -0.1) is 0 Å². The van der Waals surface area contributed by atoms with Crippen LogP contribution < -0.4 is 15.0 Å². The van der Waals surface area contributed by atoms with Crippen molar-refractivity contribution in [3.8, 4) is 11.4 Å². The number of hydrogen-bond donors (Lipinski definition) is 2. The topological polar surface area (TPSA) is 135 Å². The van der Waals surface area contributed by atoms with Gasteiger partial charge in [0.1, 0.15) is 18.1 Å². The number of nitrogens with one attached hydrogen (secondary N) is 1. The minimum absolute atomic E-state index is 0.154. The van der Waals surface area contributed by atoms with Gasteiger partial charge in [-0.1, -0.05) is 17.7 Å². The predicted octanol–water partition coefficient (Wildman–Crippen LogP) is 2.53. The quantitative estimate of drug-likeness (QED) is 0.331. The van der Waals surface area contributed by atoms with Gasteiger partial charge >= 0.3 is 0 Å². The Hall–Kier alpha value is -4.68. The van der Waals surface area contributed by atoms with Crippen LogP contribution in [-0.4, -0.2) is 80.1 Å². The SMILES string of the molecule is Cc1cc(CNC(=O)c2nn(-c3cccc(Cl)c3)c3c2CCN(c2ccc4c(c2)C(=O)N(CCO)CCO4)C3=O)nn1C. The maximum absolute atomic E-state index is 14.2. The van der Waals surface area contributed by atoms with E-state index < -0.39 is 5.91 Å². The minimum atomic E-state index is -0.418. The van der Waals surface area contributed by atoms with Crippen LogP contribution in [0.15, 0.2) is 48.5 Å². The first-order chi connectivity index (χ1) is 20.7. The summed E-state index contributed by atoms with van der Waals surface area (Å²) in [5, 5.41) is 21.7. The summed E-state index contributed by atoms with van der Waals surface area (Å²) in [6.07, 6.45) is 0.352. The number of aliphatic hydroxyl groups is 1. The molecule has 4 aromatic rings. The number of nitrogens with zero attached hydrogens (tertiary/aromatic N) is 6. The van der Waals surface area contributed by atoms with Gasteiger partial charge in [-0.25, -0.2) is 4.68 Å². The van der Waals surface area contributed by atoms with Gasteiger partial charge in [-0.05, 0) is 55.8 Å². The summed E-state index contributed by atoms with van der Waals surface area (Å²) in [5.41, 5.74) is 3.95. The number of carbonyl (C=O) groups excluding carboxylic acids is 3. The number of aromatic nitrogens is 4. The van der Waals surface area contributed by atoms with Crippen molar-refractivity contribution in [3.63, 3.8) is 0 Å². The molecule has 2 aliphatic heterocycles. The molecule has 12 nitrogen and oxygen atoms in total. The lowest BCUT2D eigenvalue weighted by atomic mass is 10.0. The van der Waals surface area contributed by atoms with Crippen molar-refractivity contribution in [1.82, 2.24) is 29.8 Å².